The molecule has 1 aromatic heterocycles. The van der Waals surface area contributed by atoms with E-state index in [0.717, 1.165) is 18.8 Å². The van der Waals surface area contributed by atoms with Crippen molar-refractivity contribution < 1.29 is 14.6 Å². The second kappa shape index (κ2) is 5.09. The lowest BCUT2D eigenvalue weighted by atomic mass is 9.91. The van der Waals surface area contributed by atoms with E-state index in [1.54, 1.807) is 20.0 Å². The fourth-order valence-corrected chi connectivity index (χ4v) is 2.56. The largest absolute Gasteiger partial charge is 0.438 e. The molecule has 1 aliphatic heterocycles. The van der Waals surface area contributed by atoms with Gasteiger partial charge >= 0.3 is 6.09 Å². The van der Waals surface area contributed by atoms with Crippen LogP contribution >= 0.6 is 0 Å². The van der Waals surface area contributed by atoms with E-state index >= 15 is 0 Å². The van der Waals surface area contributed by atoms with Gasteiger partial charge in [0.1, 0.15) is 5.82 Å². The number of aromatic nitrogens is 2. The maximum Gasteiger partial charge on any atom is 0.412 e. The van der Waals surface area contributed by atoms with Gasteiger partial charge in [-0.1, -0.05) is 6.92 Å². The topological polar surface area (TPSA) is 67.6 Å². The van der Waals surface area contributed by atoms with Crippen molar-refractivity contribution in [1.29, 1.82) is 0 Å². The third kappa shape index (κ3) is 2.28. The summed E-state index contributed by atoms with van der Waals surface area (Å²) >= 11 is 0. The summed E-state index contributed by atoms with van der Waals surface area (Å²) in [6.07, 6.45) is 4.53. The summed E-state index contributed by atoms with van der Waals surface area (Å²) in [4.78, 5) is 17.5. The molecule has 0 spiro atoms. The van der Waals surface area contributed by atoms with Crippen LogP contribution in [-0.2, 0) is 11.3 Å². The molecule has 1 aliphatic rings. The first-order valence-electron chi connectivity index (χ1n) is 7.02. The molecule has 0 aliphatic carbocycles. The number of nitrogens with zero attached hydrogens (tertiary/aromatic N) is 3. The zero-order valence-electron chi connectivity index (χ0n) is 12.6. The summed E-state index contributed by atoms with van der Waals surface area (Å²) in [5.74, 6) is 0.944. The first-order valence-corrected chi connectivity index (χ1v) is 7.02. The van der Waals surface area contributed by atoms with Gasteiger partial charge in [-0.25, -0.2) is 9.78 Å². The van der Waals surface area contributed by atoms with Crippen molar-refractivity contribution in [2.24, 2.45) is 0 Å². The predicted octanol–water partition coefficient (Wildman–Crippen LogP) is 1.91. The maximum absolute atomic E-state index is 11.9. The van der Waals surface area contributed by atoms with Gasteiger partial charge in [-0.05, 0) is 33.6 Å². The van der Waals surface area contributed by atoms with Crippen molar-refractivity contribution in [3.8, 4) is 0 Å². The summed E-state index contributed by atoms with van der Waals surface area (Å²) in [5.41, 5.74) is -2.13. The van der Waals surface area contributed by atoms with E-state index in [0.29, 0.717) is 13.0 Å². The molecule has 1 N–H and O–H groups in total. The summed E-state index contributed by atoms with van der Waals surface area (Å²) in [5, 5.41) is 10.6. The monoisotopic (exact) mass is 281 g/mol. The minimum absolute atomic E-state index is 0.443. The van der Waals surface area contributed by atoms with Gasteiger partial charge in [0, 0.05) is 25.5 Å². The number of ether oxygens (including phenoxy) is 1. The highest BCUT2D eigenvalue weighted by atomic mass is 16.6. The molecule has 1 aromatic rings. The molecular weight excluding hydrogens is 258 g/mol. The highest BCUT2D eigenvalue weighted by molar-refractivity contribution is 5.72. The Morgan fingerprint density at radius 2 is 2.10 bits per heavy atom. The lowest BCUT2D eigenvalue weighted by Gasteiger charge is -2.36. The number of carbonyl (C=O) groups is 1. The van der Waals surface area contributed by atoms with Crippen LogP contribution in [0.2, 0.25) is 0 Å². The van der Waals surface area contributed by atoms with E-state index in [9.17, 15) is 9.90 Å². The van der Waals surface area contributed by atoms with E-state index in [2.05, 4.69) is 4.98 Å². The standard InChI is InChI=1S/C14H23N3O3/c1-5-13(3)14(4,19)17(12(18)20-13)9-6-8-16-10-7-15-11(16)2/h7,10,19H,5-6,8-9H2,1-4H3/t13-,14+/m1/s1. The minimum Gasteiger partial charge on any atom is -0.438 e. The summed E-state index contributed by atoms with van der Waals surface area (Å²) in [6, 6.07) is 0. The van der Waals surface area contributed by atoms with Crippen LogP contribution in [0.25, 0.3) is 0 Å². The Hall–Kier alpha value is -1.56. The van der Waals surface area contributed by atoms with Crippen LogP contribution in [-0.4, -0.2) is 43.5 Å². The molecule has 20 heavy (non-hydrogen) atoms. The van der Waals surface area contributed by atoms with Gasteiger partial charge in [-0.3, -0.25) is 4.90 Å². The van der Waals surface area contributed by atoms with Crippen LogP contribution in [0.3, 0.4) is 0 Å². The smallest absolute Gasteiger partial charge is 0.412 e. The van der Waals surface area contributed by atoms with E-state index in [1.165, 1.54) is 4.90 Å². The lowest BCUT2D eigenvalue weighted by molar-refractivity contribution is -0.137. The number of amides is 1. The van der Waals surface area contributed by atoms with Crippen molar-refractivity contribution in [2.75, 3.05) is 6.54 Å². The zero-order chi connectivity index (χ0) is 15.0. The number of hydrogen-bond donors (Lipinski definition) is 1. The van der Waals surface area contributed by atoms with Crippen LogP contribution in [0, 0.1) is 6.92 Å². The number of carbonyl (C=O) groups excluding carboxylic acids is 1. The van der Waals surface area contributed by atoms with E-state index in [4.69, 9.17) is 4.74 Å². The SMILES string of the molecule is CC[C@@]1(C)OC(=O)N(CCCn2ccnc2C)[C@@]1(C)O. The fourth-order valence-electron chi connectivity index (χ4n) is 2.56. The van der Waals surface area contributed by atoms with Crippen molar-refractivity contribution in [2.45, 2.75) is 58.4 Å². The number of cyclic esters (lactones) is 1. The molecule has 2 heterocycles. The molecule has 1 saturated heterocycles. The zero-order valence-corrected chi connectivity index (χ0v) is 12.6. The summed E-state index contributed by atoms with van der Waals surface area (Å²) in [6.45, 7) is 8.47. The number of aryl methyl sites for hydroxylation is 2. The molecule has 1 fully saturated rings. The van der Waals surface area contributed by atoms with Gasteiger partial charge in [0.15, 0.2) is 11.3 Å². The molecule has 0 bridgehead atoms. The Kier molecular flexibility index (Phi) is 3.77. The van der Waals surface area contributed by atoms with Crippen molar-refractivity contribution >= 4 is 6.09 Å². The molecule has 6 nitrogen and oxygen atoms in total. The van der Waals surface area contributed by atoms with Crippen molar-refractivity contribution in [1.82, 2.24) is 14.5 Å². The number of hydrogen-bond acceptors (Lipinski definition) is 4. The van der Waals surface area contributed by atoms with Crippen LogP contribution in [0.15, 0.2) is 12.4 Å². The van der Waals surface area contributed by atoms with Crippen LogP contribution in [0.5, 0.6) is 0 Å². The molecule has 1 amide bonds. The van der Waals surface area contributed by atoms with Crippen LogP contribution < -0.4 is 0 Å². The Labute approximate surface area is 119 Å². The van der Waals surface area contributed by atoms with E-state index in [-0.39, 0.29) is 0 Å². The first-order chi connectivity index (χ1) is 9.32. The van der Waals surface area contributed by atoms with Crippen molar-refractivity contribution in [3.05, 3.63) is 18.2 Å². The molecule has 0 radical (unpaired) electrons. The molecule has 2 rings (SSSR count). The average molecular weight is 281 g/mol. The van der Waals surface area contributed by atoms with Gasteiger partial charge in [-0.15, -0.1) is 0 Å². The molecule has 0 unspecified atom stereocenters. The number of aliphatic hydroxyl groups is 1. The third-order valence-corrected chi connectivity index (χ3v) is 4.44. The van der Waals surface area contributed by atoms with Gasteiger partial charge < -0.3 is 14.4 Å². The molecule has 6 heteroatoms. The maximum atomic E-state index is 11.9. The summed E-state index contributed by atoms with van der Waals surface area (Å²) < 4.78 is 7.38. The quantitative estimate of drug-likeness (QED) is 0.895. The number of imidazole rings is 1. The van der Waals surface area contributed by atoms with Gasteiger partial charge in [0.25, 0.3) is 0 Å². The Morgan fingerprint density at radius 1 is 1.40 bits per heavy atom. The normalized spacial score (nSPS) is 29.9. The average Bonchev–Trinajstić information content (AvgIpc) is 2.85. The molecule has 2 atom stereocenters. The first kappa shape index (κ1) is 14.8. The van der Waals surface area contributed by atoms with E-state index < -0.39 is 17.4 Å². The summed E-state index contributed by atoms with van der Waals surface area (Å²) in [7, 11) is 0. The van der Waals surface area contributed by atoms with Gasteiger partial charge in [0.05, 0.1) is 0 Å². The van der Waals surface area contributed by atoms with Gasteiger partial charge in [-0.2, -0.15) is 0 Å². The second-order valence-electron chi connectivity index (χ2n) is 5.65. The Bertz CT molecular complexity index is 498. The highest BCUT2D eigenvalue weighted by Crippen LogP contribution is 2.39. The van der Waals surface area contributed by atoms with Crippen LogP contribution in [0.4, 0.5) is 4.79 Å². The van der Waals surface area contributed by atoms with Crippen LogP contribution in [0.1, 0.15) is 39.4 Å². The Morgan fingerprint density at radius 3 is 2.60 bits per heavy atom. The van der Waals surface area contributed by atoms with Crippen molar-refractivity contribution in [3.63, 3.8) is 0 Å². The van der Waals surface area contributed by atoms with E-state index in [1.807, 2.05) is 24.6 Å². The lowest BCUT2D eigenvalue weighted by Crippen LogP contribution is -2.55. The fraction of sp³-hybridized carbons (Fsp3) is 0.714. The molecule has 0 aromatic carbocycles. The Balaban J connectivity index is 1.99. The highest BCUT2D eigenvalue weighted by Gasteiger charge is 2.57. The number of rotatable bonds is 5. The minimum atomic E-state index is -1.27. The molecule has 112 valence electrons. The molecule has 0 saturated carbocycles. The molecular formula is C14H23N3O3. The second-order valence-corrected chi connectivity index (χ2v) is 5.65. The predicted molar refractivity (Wildman–Crippen MR) is 74.1 cm³/mol. The van der Waals surface area contributed by atoms with Gasteiger partial charge in [0.2, 0.25) is 0 Å². The third-order valence-electron chi connectivity index (χ3n) is 4.44.